The van der Waals surface area contributed by atoms with E-state index in [1.54, 1.807) is 30.3 Å². The minimum atomic E-state index is -3.38. The van der Waals surface area contributed by atoms with Crippen molar-refractivity contribution < 1.29 is 23.1 Å². The maximum atomic E-state index is 12.4. The van der Waals surface area contributed by atoms with E-state index in [-0.39, 0.29) is 23.5 Å². The molecule has 1 N–H and O–H groups in total. The van der Waals surface area contributed by atoms with E-state index in [2.05, 4.69) is 17.0 Å². The molecule has 1 aliphatic rings. The van der Waals surface area contributed by atoms with E-state index in [0.717, 1.165) is 36.1 Å². The van der Waals surface area contributed by atoms with Crippen LogP contribution in [0, 0.1) is 6.92 Å². The number of aromatic carboxylic acids is 1. The standard InChI is InChI=1S/C29H31Cl2NO5S/c1-19-13-21(29(33)34)10-11-22(19)17-32-12-6-9-26(28(32)20-7-4-3-5-8-20)37-27(18-38(2,35)36)23-14-24(30)16-25(31)15-23/h3-5,7-8,10-11,13-16,26-28H,6,9,12,17-18H2,1-2H3,(H,33,34)/t26-,27+,28-/m0/s1. The summed E-state index contributed by atoms with van der Waals surface area (Å²) in [6.07, 6.45) is 1.77. The molecule has 3 atom stereocenters. The zero-order chi connectivity index (χ0) is 27.4. The molecule has 0 saturated carbocycles. The lowest BCUT2D eigenvalue weighted by atomic mass is 9.91. The molecular formula is C29H31Cl2NO5S. The number of carboxylic acids is 1. The molecule has 9 heteroatoms. The fourth-order valence-electron chi connectivity index (χ4n) is 5.11. The largest absolute Gasteiger partial charge is 0.478 e. The number of hydrogen-bond donors (Lipinski definition) is 1. The summed E-state index contributed by atoms with van der Waals surface area (Å²) in [4.78, 5) is 13.7. The van der Waals surface area contributed by atoms with Crippen molar-refractivity contribution in [2.75, 3.05) is 18.6 Å². The minimum absolute atomic E-state index is 0.139. The van der Waals surface area contributed by atoms with Gasteiger partial charge < -0.3 is 9.84 Å². The number of sulfone groups is 1. The Morgan fingerprint density at radius 3 is 2.37 bits per heavy atom. The number of hydrogen-bond acceptors (Lipinski definition) is 5. The van der Waals surface area contributed by atoms with Crippen LogP contribution in [0.5, 0.6) is 0 Å². The Bertz CT molecular complexity index is 1380. The van der Waals surface area contributed by atoms with Crippen molar-refractivity contribution >= 4 is 39.0 Å². The molecule has 1 heterocycles. The lowest BCUT2D eigenvalue weighted by Crippen LogP contribution is -2.43. The van der Waals surface area contributed by atoms with Gasteiger partial charge in [-0.3, -0.25) is 4.90 Å². The molecule has 3 aromatic carbocycles. The first-order chi connectivity index (χ1) is 18.0. The van der Waals surface area contributed by atoms with E-state index < -0.39 is 21.9 Å². The van der Waals surface area contributed by atoms with Gasteiger partial charge in [0.25, 0.3) is 0 Å². The summed E-state index contributed by atoms with van der Waals surface area (Å²) >= 11 is 12.5. The molecule has 6 nitrogen and oxygen atoms in total. The zero-order valence-corrected chi connectivity index (χ0v) is 23.6. The van der Waals surface area contributed by atoms with Crippen LogP contribution in [-0.4, -0.2) is 49.1 Å². The smallest absolute Gasteiger partial charge is 0.335 e. The van der Waals surface area contributed by atoms with Crippen LogP contribution in [0.3, 0.4) is 0 Å². The number of aryl methyl sites for hydroxylation is 1. The number of likely N-dealkylation sites (tertiary alicyclic amines) is 1. The van der Waals surface area contributed by atoms with Gasteiger partial charge in [-0.15, -0.1) is 0 Å². The highest BCUT2D eigenvalue weighted by molar-refractivity contribution is 7.90. The van der Waals surface area contributed by atoms with Gasteiger partial charge in [0.2, 0.25) is 0 Å². The molecule has 0 aliphatic carbocycles. The van der Waals surface area contributed by atoms with Gasteiger partial charge in [0, 0.05) is 22.8 Å². The molecule has 38 heavy (non-hydrogen) atoms. The summed E-state index contributed by atoms with van der Waals surface area (Å²) in [5.74, 6) is -1.15. The van der Waals surface area contributed by atoms with Crippen LogP contribution in [0.15, 0.2) is 66.7 Å². The summed E-state index contributed by atoms with van der Waals surface area (Å²) in [6.45, 7) is 3.34. The maximum absolute atomic E-state index is 12.4. The molecule has 0 radical (unpaired) electrons. The molecular weight excluding hydrogens is 545 g/mol. The second-order valence-corrected chi connectivity index (χ2v) is 12.9. The third-order valence-electron chi connectivity index (χ3n) is 6.83. The van der Waals surface area contributed by atoms with Gasteiger partial charge in [0.15, 0.2) is 0 Å². The van der Waals surface area contributed by atoms with Crippen LogP contribution in [0.25, 0.3) is 0 Å². The van der Waals surface area contributed by atoms with Crippen molar-refractivity contribution in [3.63, 3.8) is 0 Å². The first-order valence-electron chi connectivity index (χ1n) is 12.4. The average molecular weight is 577 g/mol. The monoisotopic (exact) mass is 575 g/mol. The lowest BCUT2D eigenvalue weighted by molar-refractivity contribution is -0.0792. The summed E-state index contributed by atoms with van der Waals surface area (Å²) < 4.78 is 31.5. The van der Waals surface area contributed by atoms with E-state index in [9.17, 15) is 18.3 Å². The predicted molar refractivity (Wildman–Crippen MR) is 151 cm³/mol. The number of carboxylic acid groups (broad SMARTS) is 1. The van der Waals surface area contributed by atoms with Crippen molar-refractivity contribution in [1.82, 2.24) is 4.90 Å². The van der Waals surface area contributed by atoms with E-state index in [0.29, 0.717) is 22.2 Å². The normalized spacial score (nSPS) is 19.3. The van der Waals surface area contributed by atoms with Gasteiger partial charge in [-0.1, -0.05) is 59.6 Å². The van der Waals surface area contributed by atoms with E-state index in [1.807, 2.05) is 31.2 Å². The van der Waals surface area contributed by atoms with E-state index >= 15 is 0 Å². The first kappa shape index (κ1) is 28.6. The second kappa shape index (κ2) is 12.2. The zero-order valence-electron chi connectivity index (χ0n) is 21.3. The van der Waals surface area contributed by atoms with Crippen molar-refractivity contribution in [2.24, 2.45) is 0 Å². The maximum Gasteiger partial charge on any atom is 0.335 e. The highest BCUT2D eigenvalue weighted by atomic mass is 35.5. The summed E-state index contributed by atoms with van der Waals surface area (Å²) in [5.41, 5.74) is 3.89. The molecule has 3 aromatic rings. The highest BCUT2D eigenvalue weighted by Crippen LogP contribution is 2.38. The van der Waals surface area contributed by atoms with Crippen LogP contribution in [-0.2, 0) is 21.1 Å². The number of ether oxygens (including phenoxy) is 1. The number of carbonyl (C=O) groups is 1. The molecule has 4 rings (SSSR count). The van der Waals surface area contributed by atoms with Crippen molar-refractivity contribution in [3.05, 3.63) is 105 Å². The third-order valence-corrected chi connectivity index (χ3v) is 8.18. The SMILES string of the molecule is Cc1cc(C(=O)O)ccc1CN1CCC[C@H](O[C@H](CS(C)(=O)=O)c2cc(Cl)cc(Cl)c2)[C@@H]1c1ccccc1. The van der Waals surface area contributed by atoms with Crippen LogP contribution >= 0.6 is 23.2 Å². The van der Waals surface area contributed by atoms with Crippen LogP contribution in [0.4, 0.5) is 0 Å². The second-order valence-electron chi connectivity index (χ2n) is 9.87. The summed E-state index contributed by atoms with van der Waals surface area (Å²) in [5, 5.41) is 10.2. The molecule has 1 fully saturated rings. The number of halogens is 2. The van der Waals surface area contributed by atoms with Gasteiger partial charge in [0.1, 0.15) is 9.84 Å². The van der Waals surface area contributed by atoms with E-state index in [4.69, 9.17) is 27.9 Å². The first-order valence-corrected chi connectivity index (χ1v) is 15.2. The molecule has 1 saturated heterocycles. The average Bonchev–Trinajstić information content (AvgIpc) is 2.84. The summed E-state index contributed by atoms with van der Waals surface area (Å²) in [6, 6.07) is 20.1. The fraction of sp³-hybridized carbons (Fsp3) is 0.345. The van der Waals surface area contributed by atoms with Gasteiger partial charge in [-0.25, -0.2) is 13.2 Å². The molecule has 0 bridgehead atoms. The minimum Gasteiger partial charge on any atom is -0.478 e. The topological polar surface area (TPSA) is 83.9 Å². The Morgan fingerprint density at radius 1 is 1.08 bits per heavy atom. The van der Waals surface area contributed by atoms with Crippen LogP contribution < -0.4 is 0 Å². The predicted octanol–water partition coefficient (Wildman–Crippen LogP) is 6.51. The van der Waals surface area contributed by atoms with Crippen LogP contribution in [0.1, 0.15) is 57.6 Å². The Labute approximate surface area is 234 Å². The number of rotatable bonds is 9. The number of benzene rings is 3. The molecule has 0 unspecified atom stereocenters. The molecule has 0 aromatic heterocycles. The third kappa shape index (κ3) is 7.36. The summed E-state index contributed by atoms with van der Waals surface area (Å²) in [7, 11) is -3.38. The van der Waals surface area contributed by atoms with Gasteiger partial charge in [0.05, 0.1) is 29.6 Å². The van der Waals surface area contributed by atoms with Crippen molar-refractivity contribution in [2.45, 2.75) is 44.6 Å². The van der Waals surface area contributed by atoms with Gasteiger partial charge in [-0.05, 0) is 78.9 Å². The van der Waals surface area contributed by atoms with Gasteiger partial charge >= 0.3 is 5.97 Å². The Hall–Kier alpha value is -2.42. The van der Waals surface area contributed by atoms with Gasteiger partial charge in [-0.2, -0.15) is 0 Å². The molecule has 0 amide bonds. The van der Waals surface area contributed by atoms with E-state index in [1.165, 1.54) is 6.26 Å². The molecule has 1 aliphatic heterocycles. The quantitative estimate of drug-likeness (QED) is 0.313. The number of piperidine rings is 1. The van der Waals surface area contributed by atoms with Crippen molar-refractivity contribution in [3.8, 4) is 0 Å². The lowest BCUT2D eigenvalue weighted by Gasteiger charge is -2.43. The molecule has 202 valence electrons. The van der Waals surface area contributed by atoms with Crippen LogP contribution in [0.2, 0.25) is 10.0 Å². The molecule has 0 spiro atoms. The Kier molecular flexibility index (Phi) is 9.16. The Morgan fingerprint density at radius 2 is 1.76 bits per heavy atom. The number of nitrogens with zero attached hydrogens (tertiary/aromatic N) is 1. The highest BCUT2D eigenvalue weighted by Gasteiger charge is 2.36. The Balaban J connectivity index is 1.69. The van der Waals surface area contributed by atoms with Crippen molar-refractivity contribution in [1.29, 1.82) is 0 Å². The fourth-order valence-corrected chi connectivity index (χ4v) is 6.47.